The molecule has 80 valence electrons. The molecule has 2 heteroatoms. The van der Waals surface area contributed by atoms with Gasteiger partial charge in [0, 0.05) is 13.2 Å². The third-order valence-corrected chi connectivity index (χ3v) is 3.53. The summed E-state index contributed by atoms with van der Waals surface area (Å²) in [5, 5.41) is 0. The summed E-state index contributed by atoms with van der Waals surface area (Å²) in [4.78, 5) is 0. The van der Waals surface area contributed by atoms with Crippen molar-refractivity contribution < 1.29 is 4.74 Å². The lowest BCUT2D eigenvalue weighted by atomic mass is 9.75. The highest BCUT2D eigenvalue weighted by Gasteiger charge is 2.33. The first-order valence-electron chi connectivity index (χ1n) is 5.34. The van der Waals surface area contributed by atoms with Crippen LogP contribution in [0.4, 0.5) is 0 Å². The fraction of sp³-hybridized carbons (Fsp3) is 1.00. The van der Waals surface area contributed by atoms with Gasteiger partial charge in [-0.1, -0.05) is 27.7 Å². The molecule has 0 aromatic rings. The van der Waals surface area contributed by atoms with Crippen molar-refractivity contribution in [2.45, 2.75) is 59.1 Å². The van der Waals surface area contributed by atoms with Crippen molar-refractivity contribution in [1.29, 1.82) is 0 Å². The van der Waals surface area contributed by atoms with Crippen LogP contribution in [0.25, 0.3) is 0 Å². The molecule has 0 aliphatic carbocycles. The molecule has 0 aromatic heterocycles. The van der Waals surface area contributed by atoms with Crippen molar-refractivity contribution in [2.24, 2.45) is 11.1 Å². The van der Waals surface area contributed by atoms with Gasteiger partial charge in [0.1, 0.15) is 0 Å². The number of hydrogen-bond acceptors (Lipinski definition) is 2. The van der Waals surface area contributed by atoms with E-state index in [2.05, 4.69) is 27.7 Å². The highest BCUT2D eigenvalue weighted by Crippen LogP contribution is 2.31. The first kappa shape index (κ1) is 12.9. The number of methoxy groups -OCH3 is 1. The summed E-state index contributed by atoms with van der Waals surface area (Å²) in [6.07, 6.45) is 3.42. The SMILES string of the molecule is CCC(OC)C(N)C(C)(CC)CC. The van der Waals surface area contributed by atoms with E-state index in [-0.39, 0.29) is 17.6 Å². The van der Waals surface area contributed by atoms with Gasteiger partial charge in [-0.2, -0.15) is 0 Å². The van der Waals surface area contributed by atoms with E-state index in [1.165, 1.54) is 0 Å². The van der Waals surface area contributed by atoms with Crippen LogP contribution in [0.2, 0.25) is 0 Å². The van der Waals surface area contributed by atoms with E-state index in [0.29, 0.717) is 0 Å². The Kier molecular flexibility index (Phi) is 5.57. The average molecular weight is 187 g/mol. The Labute approximate surface area is 82.8 Å². The van der Waals surface area contributed by atoms with E-state index >= 15 is 0 Å². The average Bonchev–Trinajstić information content (AvgIpc) is 2.18. The molecule has 2 nitrogen and oxygen atoms in total. The van der Waals surface area contributed by atoms with E-state index in [1.807, 2.05) is 0 Å². The van der Waals surface area contributed by atoms with Gasteiger partial charge in [0.15, 0.2) is 0 Å². The molecule has 2 N–H and O–H groups in total. The molecule has 0 saturated heterocycles. The van der Waals surface area contributed by atoms with Crippen LogP contribution in [-0.4, -0.2) is 19.3 Å². The maximum absolute atomic E-state index is 6.21. The largest absolute Gasteiger partial charge is 0.380 e. The zero-order chi connectivity index (χ0) is 10.5. The van der Waals surface area contributed by atoms with Crippen LogP contribution in [0.5, 0.6) is 0 Å². The molecular weight excluding hydrogens is 162 g/mol. The quantitative estimate of drug-likeness (QED) is 0.693. The first-order valence-corrected chi connectivity index (χ1v) is 5.34. The molecule has 0 heterocycles. The maximum atomic E-state index is 6.21. The summed E-state index contributed by atoms with van der Waals surface area (Å²) in [5.41, 5.74) is 6.43. The van der Waals surface area contributed by atoms with E-state index in [1.54, 1.807) is 7.11 Å². The van der Waals surface area contributed by atoms with Crippen LogP contribution in [0.3, 0.4) is 0 Å². The Hall–Kier alpha value is -0.0800. The lowest BCUT2D eigenvalue weighted by molar-refractivity contribution is 0.0282. The van der Waals surface area contributed by atoms with Gasteiger partial charge >= 0.3 is 0 Å². The van der Waals surface area contributed by atoms with Crippen molar-refractivity contribution in [2.75, 3.05) is 7.11 Å². The van der Waals surface area contributed by atoms with Gasteiger partial charge in [-0.25, -0.2) is 0 Å². The van der Waals surface area contributed by atoms with Crippen molar-refractivity contribution in [3.05, 3.63) is 0 Å². The molecule has 0 rings (SSSR count). The highest BCUT2D eigenvalue weighted by molar-refractivity contribution is 4.88. The van der Waals surface area contributed by atoms with Crippen LogP contribution in [0.15, 0.2) is 0 Å². The van der Waals surface area contributed by atoms with Gasteiger partial charge in [0.2, 0.25) is 0 Å². The normalized spacial score (nSPS) is 17.1. The van der Waals surface area contributed by atoms with Crippen molar-refractivity contribution in [1.82, 2.24) is 0 Å². The molecule has 0 fully saturated rings. The molecular formula is C11H25NO. The standard InChI is InChI=1S/C11H25NO/c1-6-9(13-5)10(12)11(4,7-2)8-3/h9-10H,6-8,12H2,1-5H3. The van der Waals surface area contributed by atoms with Gasteiger partial charge < -0.3 is 10.5 Å². The first-order chi connectivity index (χ1) is 6.05. The predicted octanol–water partition coefficient (Wildman–Crippen LogP) is 2.57. The second kappa shape index (κ2) is 5.61. The fourth-order valence-corrected chi connectivity index (χ4v) is 1.74. The van der Waals surface area contributed by atoms with Gasteiger partial charge in [-0.15, -0.1) is 0 Å². The lowest BCUT2D eigenvalue weighted by Gasteiger charge is -2.37. The molecule has 13 heavy (non-hydrogen) atoms. The zero-order valence-corrected chi connectivity index (χ0v) is 9.76. The minimum Gasteiger partial charge on any atom is -0.380 e. The Morgan fingerprint density at radius 2 is 1.69 bits per heavy atom. The molecule has 2 unspecified atom stereocenters. The summed E-state index contributed by atoms with van der Waals surface area (Å²) < 4.78 is 5.39. The van der Waals surface area contributed by atoms with Crippen LogP contribution in [0.1, 0.15) is 47.0 Å². The molecule has 0 aliphatic heterocycles. The molecule has 0 saturated carbocycles. The minimum absolute atomic E-state index is 0.150. The number of rotatable bonds is 6. The van der Waals surface area contributed by atoms with Crippen LogP contribution >= 0.6 is 0 Å². The molecule has 0 radical (unpaired) electrons. The van der Waals surface area contributed by atoms with Gasteiger partial charge in [-0.3, -0.25) is 0 Å². The highest BCUT2D eigenvalue weighted by atomic mass is 16.5. The predicted molar refractivity (Wildman–Crippen MR) is 57.8 cm³/mol. The van der Waals surface area contributed by atoms with Gasteiger partial charge in [0.25, 0.3) is 0 Å². The van der Waals surface area contributed by atoms with Crippen LogP contribution in [-0.2, 0) is 4.74 Å². The molecule has 0 aliphatic rings. The van der Waals surface area contributed by atoms with E-state index in [9.17, 15) is 0 Å². The lowest BCUT2D eigenvalue weighted by Crippen LogP contribution is -2.48. The van der Waals surface area contributed by atoms with Crippen molar-refractivity contribution in [3.8, 4) is 0 Å². The zero-order valence-electron chi connectivity index (χ0n) is 9.76. The van der Waals surface area contributed by atoms with Gasteiger partial charge in [0.05, 0.1) is 6.10 Å². The monoisotopic (exact) mass is 187 g/mol. The molecule has 0 amide bonds. The van der Waals surface area contributed by atoms with Crippen molar-refractivity contribution in [3.63, 3.8) is 0 Å². The smallest absolute Gasteiger partial charge is 0.0724 e. The van der Waals surface area contributed by atoms with E-state index in [4.69, 9.17) is 10.5 Å². The second-order valence-corrected chi connectivity index (χ2v) is 4.07. The maximum Gasteiger partial charge on any atom is 0.0724 e. The topological polar surface area (TPSA) is 35.2 Å². The summed E-state index contributed by atoms with van der Waals surface area (Å²) >= 11 is 0. The summed E-state index contributed by atoms with van der Waals surface area (Å²) in [5.74, 6) is 0. The Balaban J connectivity index is 4.42. The van der Waals surface area contributed by atoms with E-state index in [0.717, 1.165) is 19.3 Å². The molecule has 2 atom stereocenters. The van der Waals surface area contributed by atoms with Gasteiger partial charge in [-0.05, 0) is 24.7 Å². The van der Waals surface area contributed by atoms with Crippen LogP contribution < -0.4 is 5.73 Å². The van der Waals surface area contributed by atoms with Crippen molar-refractivity contribution >= 4 is 0 Å². The summed E-state index contributed by atoms with van der Waals surface area (Å²) in [6.45, 7) is 8.77. The molecule has 0 spiro atoms. The Morgan fingerprint density at radius 1 is 1.23 bits per heavy atom. The number of ether oxygens (including phenoxy) is 1. The third-order valence-electron chi connectivity index (χ3n) is 3.53. The summed E-state index contributed by atoms with van der Waals surface area (Å²) in [7, 11) is 1.75. The third kappa shape index (κ3) is 2.96. The van der Waals surface area contributed by atoms with Crippen LogP contribution in [0, 0.1) is 5.41 Å². The Morgan fingerprint density at radius 3 is 1.92 bits per heavy atom. The number of nitrogens with two attached hydrogens (primary N) is 1. The second-order valence-electron chi connectivity index (χ2n) is 4.07. The molecule has 0 bridgehead atoms. The minimum atomic E-state index is 0.150. The number of hydrogen-bond donors (Lipinski definition) is 1. The molecule has 0 aromatic carbocycles. The van der Waals surface area contributed by atoms with E-state index < -0.39 is 0 Å². The summed E-state index contributed by atoms with van der Waals surface area (Å²) in [6, 6.07) is 0.150. The fourth-order valence-electron chi connectivity index (χ4n) is 1.74. The Bertz CT molecular complexity index is 128.